The van der Waals surface area contributed by atoms with Crippen molar-refractivity contribution < 1.29 is 14.5 Å². The van der Waals surface area contributed by atoms with Gasteiger partial charge in [0.15, 0.2) is 0 Å². The SMILES string of the molecule is CC(CC1(C)C(=O)CCCC1=O)[N+](=O)[O-]. The molecule has 1 aliphatic carbocycles. The quantitative estimate of drug-likeness (QED) is 0.403. The van der Waals surface area contributed by atoms with E-state index in [1.165, 1.54) is 13.8 Å². The summed E-state index contributed by atoms with van der Waals surface area (Å²) in [4.78, 5) is 33.3. The van der Waals surface area contributed by atoms with Crippen LogP contribution in [0, 0.1) is 15.5 Å². The van der Waals surface area contributed by atoms with Crippen LogP contribution in [0.1, 0.15) is 39.5 Å². The van der Waals surface area contributed by atoms with E-state index in [2.05, 4.69) is 0 Å². The average molecular weight is 213 g/mol. The second-order valence-corrected chi connectivity index (χ2v) is 4.37. The van der Waals surface area contributed by atoms with Crippen LogP contribution in [0.2, 0.25) is 0 Å². The summed E-state index contributed by atoms with van der Waals surface area (Å²) < 4.78 is 0. The standard InChI is InChI=1S/C10H15NO4/c1-7(11(14)15)6-10(2)8(12)4-3-5-9(10)13/h7H,3-6H2,1-2H3. The van der Waals surface area contributed by atoms with Crippen LogP contribution in [-0.4, -0.2) is 22.5 Å². The summed E-state index contributed by atoms with van der Waals surface area (Å²) in [5.41, 5.74) is -1.12. The number of hydrogen-bond acceptors (Lipinski definition) is 4. The molecular formula is C10H15NO4. The fraction of sp³-hybridized carbons (Fsp3) is 0.800. The van der Waals surface area contributed by atoms with Gasteiger partial charge in [-0.3, -0.25) is 19.7 Å². The molecule has 0 aliphatic heterocycles. The van der Waals surface area contributed by atoms with Crippen LogP contribution in [0.3, 0.4) is 0 Å². The molecule has 5 nitrogen and oxygen atoms in total. The lowest BCUT2D eigenvalue weighted by Gasteiger charge is -2.30. The van der Waals surface area contributed by atoms with Crippen LogP contribution < -0.4 is 0 Å². The van der Waals surface area contributed by atoms with Crippen molar-refractivity contribution in [3.63, 3.8) is 0 Å². The lowest BCUT2D eigenvalue weighted by molar-refractivity contribution is -0.520. The highest BCUT2D eigenvalue weighted by molar-refractivity contribution is 6.08. The smallest absolute Gasteiger partial charge is 0.211 e. The molecule has 0 N–H and O–H groups in total. The molecule has 84 valence electrons. The van der Waals surface area contributed by atoms with Crippen molar-refractivity contribution in [3.8, 4) is 0 Å². The lowest BCUT2D eigenvalue weighted by atomic mass is 9.70. The highest BCUT2D eigenvalue weighted by Gasteiger charge is 2.45. The number of nitro groups is 1. The van der Waals surface area contributed by atoms with E-state index in [4.69, 9.17) is 0 Å². The molecule has 0 aromatic carbocycles. The molecule has 0 radical (unpaired) electrons. The molecule has 1 fully saturated rings. The monoisotopic (exact) mass is 213 g/mol. The van der Waals surface area contributed by atoms with Gasteiger partial charge in [-0.25, -0.2) is 0 Å². The van der Waals surface area contributed by atoms with Gasteiger partial charge in [0.25, 0.3) is 0 Å². The molecule has 0 aromatic rings. The topological polar surface area (TPSA) is 77.3 Å². The fourth-order valence-corrected chi connectivity index (χ4v) is 2.01. The summed E-state index contributed by atoms with van der Waals surface area (Å²) in [6.07, 6.45) is 1.34. The van der Waals surface area contributed by atoms with E-state index in [1.54, 1.807) is 0 Å². The third kappa shape index (κ3) is 2.22. The van der Waals surface area contributed by atoms with Gasteiger partial charge in [0.1, 0.15) is 11.6 Å². The summed E-state index contributed by atoms with van der Waals surface area (Å²) in [5, 5.41) is 10.5. The van der Waals surface area contributed by atoms with Crippen LogP contribution in [-0.2, 0) is 9.59 Å². The largest absolute Gasteiger partial charge is 0.299 e. The van der Waals surface area contributed by atoms with Gasteiger partial charge in [-0.1, -0.05) is 0 Å². The summed E-state index contributed by atoms with van der Waals surface area (Å²) in [5.74, 6) is -0.292. The maximum absolute atomic E-state index is 11.6. The molecule has 0 heterocycles. The Balaban J connectivity index is 2.83. The van der Waals surface area contributed by atoms with Crippen molar-refractivity contribution in [2.45, 2.75) is 45.6 Å². The first-order valence-corrected chi connectivity index (χ1v) is 5.08. The van der Waals surface area contributed by atoms with Crippen LogP contribution in [0.25, 0.3) is 0 Å². The highest BCUT2D eigenvalue weighted by Crippen LogP contribution is 2.34. The maximum Gasteiger partial charge on any atom is 0.211 e. The van der Waals surface area contributed by atoms with Gasteiger partial charge in [-0.05, 0) is 13.3 Å². The average Bonchev–Trinajstić information content (AvgIpc) is 2.14. The van der Waals surface area contributed by atoms with E-state index in [1.807, 2.05) is 0 Å². The minimum atomic E-state index is -1.12. The number of hydrogen-bond donors (Lipinski definition) is 0. The van der Waals surface area contributed by atoms with Crippen molar-refractivity contribution in [1.29, 1.82) is 0 Å². The molecule has 1 aliphatic rings. The van der Waals surface area contributed by atoms with Crippen LogP contribution in [0.15, 0.2) is 0 Å². The number of rotatable bonds is 3. The predicted molar refractivity (Wildman–Crippen MR) is 53.0 cm³/mol. The van der Waals surface area contributed by atoms with Gasteiger partial charge in [0, 0.05) is 31.1 Å². The zero-order valence-corrected chi connectivity index (χ0v) is 8.99. The van der Waals surface area contributed by atoms with Crippen LogP contribution in [0.4, 0.5) is 0 Å². The lowest BCUT2D eigenvalue weighted by Crippen LogP contribution is -2.43. The van der Waals surface area contributed by atoms with E-state index in [0.717, 1.165) is 0 Å². The molecular weight excluding hydrogens is 198 g/mol. The number of carbonyl (C=O) groups is 2. The highest BCUT2D eigenvalue weighted by atomic mass is 16.6. The number of ketones is 2. The Labute approximate surface area is 88.0 Å². The second-order valence-electron chi connectivity index (χ2n) is 4.37. The predicted octanol–water partition coefficient (Wildman–Crippen LogP) is 1.37. The molecule has 0 bridgehead atoms. The molecule has 0 saturated heterocycles. The van der Waals surface area contributed by atoms with E-state index >= 15 is 0 Å². The minimum absolute atomic E-state index is 0.0255. The third-order valence-electron chi connectivity index (χ3n) is 3.10. The number of carbonyl (C=O) groups excluding carboxylic acids is 2. The van der Waals surface area contributed by atoms with Crippen molar-refractivity contribution in [1.82, 2.24) is 0 Å². The number of nitrogens with zero attached hydrogens (tertiary/aromatic N) is 1. The molecule has 1 atom stereocenters. The molecule has 1 unspecified atom stereocenters. The third-order valence-corrected chi connectivity index (χ3v) is 3.10. The first-order chi connectivity index (χ1) is 6.88. The Kier molecular flexibility index (Phi) is 3.21. The Morgan fingerprint density at radius 1 is 1.40 bits per heavy atom. The molecule has 0 aromatic heterocycles. The van der Waals surface area contributed by atoms with E-state index in [0.29, 0.717) is 19.3 Å². The molecule has 1 rings (SSSR count). The van der Waals surface area contributed by atoms with Gasteiger partial charge >= 0.3 is 0 Å². The van der Waals surface area contributed by atoms with E-state index in [-0.39, 0.29) is 18.0 Å². The Morgan fingerprint density at radius 2 is 1.87 bits per heavy atom. The molecule has 15 heavy (non-hydrogen) atoms. The summed E-state index contributed by atoms with van der Waals surface area (Å²) in [6.45, 7) is 2.97. The zero-order valence-electron chi connectivity index (χ0n) is 8.99. The Hall–Kier alpha value is -1.26. The van der Waals surface area contributed by atoms with Crippen molar-refractivity contribution in [2.24, 2.45) is 5.41 Å². The first-order valence-electron chi connectivity index (χ1n) is 5.08. The van der Waals surface area contributed by atoms with Crippen molar-refractivity contribution in [3.05, 3.63) is 10.1 Å². The molecule has 0 amide bonds. The van der Waals surface area contributed by atoms with Crippen molar-refractivity contribution >= 4 is 11.6 Å². The Bertz CT molecular complexity index is 295. The summed E-state index contributed by atoms with van der Waals surface area (Å²) >= 11 is 0. The maximum atomic E-state index is 11.6. The van der Waals surface area contributed by atoms with Gasteiger partial charge in [0.2, 0.25) is 6.04 Å². The summed E-state index contributed by atoms with van der Waals surface area (Å²) in [6, 6.07) is -0.846. The minimum Gasteiger partial charge on any atom is -0.299 e. The normalized spacial score (nSPS) is 22.5. The Morgan fingerprint density at radius 3 is 2.27 bits per heavy atom. The first kappa shape index (κ1) is 11.8. The van der Waals surface area contributed by atoms with Crippen molar-refractivity contribution in [2.75, 3.05) is 0 Å². The summed E-state index contributed by atoms with van der Waals surface area (Å²) in [7, 11) is 0. The van der Waals surface area contributed by atoms with Gasteiger partial charge in [0.05, 0.1) is 5.41 Å². The second kappa shape index (κ2) is 4.08. The molecule has 5 heteroatoms. The zero-order chi connectivity index (χ0) is 11.6. The van der Waals surface area contributed by atoms with Gasteiger partial charge in [-0.15, -0.1) is 0 Å². The fourth-order valence-electron chi connectivity index (χ4n) is 2.01. The van der Waals surface area contributed by atoms with Gasteiger partial charge < -0.3 is 0 Å². The van der Waals surface area contributed by atoms with E-state index < -0.39 is 16.4 Å². The molecule has 1 saturated carbocycles. The number of Topliss-reactive ketones (excluding diaryl/α,β-unsaturated/α-hetero) is 2. The molecule has 0 spiro atoms. The van der Waals surface area contributed by atoms with Crippen LogP contribution >= 0.6 is 0 Å². The van der Waals surface area contributed by atoms with E-state index in [9.17, 15) is 19.7 Å². The van der Waals surface area contributed by atoms with Gasteiger partial charge in [-0.2, -0.15) is 0 Å². The van der Waals surface area contributed by atoms with Crippen LogP contribution in [0.5, 0.6) is 0 Å².